The minimum Gasteiger partial charge on any atom is -0.394 e. The number of alkyl halides is 3. The van der Waals surface area contributed by atoms with Crippen molar-refractivity contribution in [2.24, 2.45) is 0 Å². The Hall–Kier alpha value is -2.42. The van der Waals surface area contributed by atoms with Crippen LogP contribution in [0.1, 0.15) is 30.4 Å². The number of hydrogen-bond donors (Lipinski definition) is 3. The highest BCUT2D eigenvalue weighted by Gasteiger charge is 2.52. The lowest BCUT2D eigenvalue weighted by Crippen LogP contribution is -2.66. The zero-order valence-corrected chi connectivity index (χ0v) is 17.1. The first kappa shape index (κ1) is 23.2. The van der Waals surface area contributed by atoms with Crippen LogP contribution in [0.25, 0.3) is 0 Å². The van der Waals surface area contributed by atoms with Crippen molar-refractivity contribution in [3.05, 3.63) is 71.8 Å². The number of carbonyl (C=O) groups excluding carboxylic acids is 1. The van der Waals surface area contributed by atoms with E-state index in [1.54, 1.807) is 0 Å². The van der Waals surface area contributed by atoms with Crippen LogP contribution in [0.15, 0.2) is 60.7 Å². The third-order valence-corrected chi connectivity index (χ3v) is 5.70. The highest BCUT2D eigenvalue weighted by atomic mass is 19.4. The predicted octanol–water partition coefficient (Wildman–Crippen LogP) is 3.01. The van der Waals surface area contributed by atoms with E-state index >= 15 is 0 Å². The second-order valence-electron chi connectivity index (χ2n) is 8.21. The summed E-state index contributed by atoms with van der Waals surface area (Å²) in [6.45, 7) is 0.630. The summed E-state index contributed by atoms with van der Waals surface area (Å²) in [4.78, 5) is 13.8. The van der Waals surface area contributed by atoms with Gasteiger partial charge in [-0.2, -0.15) is 13.2 Å². The fraction of sp³-hybridized carbons (Fsp3) is 0.435. The van der Waals surface area contributed by atoms with Crippen molar-refractivity contribution in [2.45, 2.75) is 56.2 Å². The van der Waals surface area contributed by atoms with Crippen LogP contribution in [0.2, 0.25) is 0 Å². The molecule has 1 aliphatic rings. The molecule has 0 heterocycles. The van der Waals surface area contributed by atoms with Gasteiger partial charge in [-0.15, -0.1) is 0 Å². The first-order valence-corrected chi connectivity index (χ1v) is 10.2. The number of aliphatic hydroxyl groups excluding tert-OH is 2. The summed E-state index contributed by atoms with van der Waals surface area (Å²) in [7, 11) is 0. The number of hydrogen-bond acceptors (Lipinski definition) is 4. The molecule has 3 rings (SSSR count). The number of halogens is 3. The summed E-state index contributed by atoms with van der Waals surface area (Å²) in [5.74, 6) is -2.02. The molecular weight excluding hydrogens is 409 g/mol. The largest absolute Gasteiger partial charge is 0.471 e. The quantitative estimate of drug-likeness (QED) is 0.565. The summed E-state index contributed by atoms with van der Waals surface area (Å²) in [6, 6.07) is 19.4. The molecule has 1 atom stereocenters. The first-order valence-electron chi connectivity index (χ1n) is 10.2. The minimum atomic E-state index is -5.00. The zero-order valence-electron chi connectivity index (χ0n) is 17.1. The zero-order chi connectivity index (χ0) is 22.5. The lowest BCUT2D eigenvalue weighted by atomic mass is 9.68. The number of amides is 1. The summed E-state index contributed by atoms with van der Waals surface area (Å²) >= 11 is 0. The molecule has 1 aliphatic carbocycles. The standard InChI is InChI=1S/C23H27F3N2O3/c24-23(25,26)21(31)27-22(13-20(30)16-29)11-19(12-22)28(14-17-7-3-1-4-8-17)15-18-9-5-2-6-10-18/h1-10,19-20,29-30H,11-16H2,(H,27,31)/t19-,20?,22-. The number of rotatable bonds is 9. The molecule has 1 amide bonds. The average molecular weight is 436 g/mol. The number of carbonyl (C=O) groups is 1. The highest BCUT2D eigenvalue weighted by molar-refractivity contribution is 5.82. The van der Waals surface area contributed by atoms with E-state index in [2.05, 4.69) is 10.2 Å². The minimum absolute atomic E-state index is 0.0835. The Morgan fingerprint density at radius 2 is 1.52 bits per heavy atom. The third-order valence-electron chi connectivity index (χ3n) is 5.70. The lowest BCUT2D eigenvalue weighted by molar-refractivity contribution is -0.178. The van der Waals surface area contributed by atoms with Gasteiger partial charge in [0.15, 0.2) is 0 Å². The fourth-order valence-corrected chi connectivity index (χ4v) is 4.20. The summed E-state index contributed by atoms with van der Waals surface area (Å²) in [5, 5.41) is 21.1. The van der Waals surface area contributed by atoms with E-state index < -0.39 is 30.3 Å². The van der Waals surface area contributed by atoms with Gasteiger partial charge in [-0.1, -0.05) is 60.7 Å². The van der Waals surface area contributed by atoms with E-state index in [0.717, 1.165) is 11.1 Å². The molecular formula is C23H27F3N2O3. The molecule has 1 saturated carbocycles. The Balaban J connectivity index is 1.77. The van der Waals surface area contributed by atoms with Crippen molar-refractivity contribution in [1.29, 1.82) is 0 Å². The van der Waals surface area contributed by atoms with Crippen LogP contribution in [-0.4, -0.2) is 51.5 Å². The van der Waals surface area contributed by atoms with Crippen molar-refractivity contribution >= 4 is 5.91 Å². The van der Waals surface area contributed by atoms with Gasteiger partial charge in [0.05, 0.1) is 12.7 Å². The SMILES string of the molecule is O=C(N[C@]1(CC(O)CO)C[C@@H](N(Cc2ccccc2)Cc2ccccc2)C1)C(F)(F)F. The van der Waals surface area contributed by atoms with Gasteiger partial charge in [0.25, 0.3) is 0 Å². The normalized spacial score (nSPS) is 22.1. The Bertz CT molecular complexity index is 799. The molecule has 8 heteroatoms. The maximum atomic E-state index is 12.9. The molecule has 0 aliphatic heterocycles. The van der Waals surface area contributed by atoms with Crippen molar-refractivity contribution < 1.29 is 28.2 Å². The van der Waals surface area contributed by atoms with Gasteiger partial charge < -0.3 is 15.5 Å². The highest BCUT2D eigenvalue weighted by Crippen LogP contribution is 2.41. The molecule has 0 aromatic heterocycles. The van der Waals surface area contributed by atoms with E-state index in [9.17, 15) is 28.2 Å². The number of nitrogens with one attached hydrogen (secondary N) is 1. The van der Waals surface area contributed by atoms with Crippen molar-refractivity contribution in [1.82, 2.24) is 10.2 Å². The second-order valence-corrected chi connectivity index (χ2v) is 8.21. The monoisotopic (exact) mass is 436 g/mol. The van der Waals surface area contributed by atoms with Gasteiger partial charge in [-0.25, -0.2) is 0 Å². The smallest absolute Gasteiger partial charge is 0.394 e. The van der Waals surface area contributed by atoms with Crippen LogP contribution in [-0.2, 0) is 17.9 Å². The van der Waals surface area contributed by atoms with Crippen LogP contribution in [0.3, 0.4) is 0 Å². The van der Waals surface area contributed by atoms with Crippen molar-refractivity contribution in [3.63, 3.8) is 0 Å². The van der Waals surface area contributed by atoms with Gasteiger partial charge in [0.1, 0.15) is 0 Å². The molecule has 0 bridgehead atoms. The number of benzene rings is 2. The molecule has 1 unspecified atom stereocenters. The van der Waals surface area contributed by atoms with E-state index in [-0.39, 0.29) is 25.3 Å². The second kappa shape index (κ2) is 9.80. The third kappa shape index (κ3) is 6.29. The molecule has 2 aromatic carbocycles. The van der Waals surface area contributed by atoms with Gasteiger partial charge in [0, 0.05) is 24.7 Å². The molecule has 2 aromatic rings. The van der Waals surface area contributed by atoms with Crippen LogP contribution in [0.4, 0.5) is 13.2 Å². The topological polar surface area (TPSA) is 72.8 Å². The van der Waals surface area contributed by atoms with E-state index in [1.165, 1.54) is 0 Å². The van der Waals surface area contributed by atoms with Crippen LogP contribution in [0, 0.1) is 0 Å². The first-order chi connectivity index (χ1) is 14.7. The fourth-order valence-electron chi connectivity index (χ4n) is 4.20. The van der Waals surface area contributed by atoms with Crippen molar-refractivity contribution in [3.8, 4) is 0 Å². The van der Waals surface area contributed by atoms with Gasteiger partial charge >= 0.3 is 12.1 Å². The van der Waals surface area contributed by atoms with Gasteiger partial charge in [0.2, 0.25) is 0 Å². The van der Waals surface area contributed by atoms with E-state index in [1.807, 2.05) is 60.7 Å². The van der Waals surface area contributed by atoms with Crippen LogP contribution in [0.5, 0.6) is 0 Å². The van der Waals surface area contributed by atoms with Gasteiger partial charge in [-0.3, -0.25) is 9.69 Å². The molecule has 0 saturated heterocycles. The summed E-state index contributed by atoms with van der Waals surface area (Å²) in [6.07, 6.45) is -5.83. The molecule has 31 heavy (non-hydrogen) atoms. The van der Waals surface area contributed by atoms with E-state index in [0.29, 0.717) is 13.1 Å². The van der Waals surface area contributed by atoms with Gasteiger partial charge in [-0.05, 0) is 30.4 Å². The molecule has 5 nitrogen and oxygen atoms in total. The Morgan fingerprint density at radius 3 is 1.94 bits per heavy atom. The lowest BCUT2D eigenvalue weighted by Gasteiger charge is -2.53. The molecule has 0 spiro atoms. The predicted molar refractivity (Wildman–Crippen MR) is 110 cm³/mol. The molecule has 1 fully saturated rings. The Morgan fingerprint density at radius 1 is 1.03 bits per heavy atom. The van der Waals surface area contributed by atoms with Crippen LogP contribution >= 0.6 is 0 Å². The van der Waals surface area contributed by atoms with E-state index in [4.69, 9.17) is 0 Å². The summed E-state index contributed by atoms with van der Waals surface area (Å²) < 4.78 is 38.6. The Kier molecular flexibility index (Phi) is 7.35. The Labute approximate surface area is 179 Å². The number of nitrogens with zero attached hydrogens (tertiary/aromatic N) is 1. The maximum absolute atomic E-state index is 12.9. The van der Waals surface area contributed by atoms with Crippen molar-refractivity contribution in [2.75, 3.05) is 6.61 Å². The van der Waals surface area contributed by atoms with Crippen LogP contribution < -0.4 is 5.32 Å². The molecule has 168 valence electrons. The molecule has 0 radical (unpaired) electrons. The average Bonchev–Trinajstić information content (AvgIpc) is 2.71. The molecule has 3 N–H and O–H groups in total. The summed E-state index contributed by atoms with van der Waals surface area (Å²) in [5.41, 5.74) is 0.946. The maximum Gasteiger partial charge on any atom is 0.471 e. The number of aliphatic hydroxyl groups is 2.